The van der Waals surface area contributed by atoms with Crippen molar-refractivity contribution in [2.24, 2.45) is 0 Å². The smallest absolute Gasteiger partial charge is 0.420 e. The monoisotopic (exact) mass is 326 g/mol. The van der Waals surface area contributed by atoms with Gasteiger partial charge in [0.05, 0.1) is 11.2 Å². The van der Waals surface area contributed by atoms with Gasteiger partial charge in [-0.2, -0.15) is 0 Å². The van der Waals surface area contributed by atoms with Gasteiger partial charge in [0, 0.05) is 0 Å². The Bertz CT molecular complexity index is 973. The van der Waals surface area contributed by atoms with Crippen LogP contribution in [0.2, 0.25) is 0 Å². The first-order chi connectivity index (χ1) is 11.7. The van der Waals surface area contributed by atoms with Gasteiger partial charge in [-0.05, 0) is 24.3 Å². The van der Waals surface area contributed by atoms with Gasteiger partial charge in [-0.3, -0.25) is 9.36 Å². The van der Waals surface area contributed by atoms with Gasteiger partial charge in [0.2, 0.25) is 5.91 Å². The molecule has 0 bridgehead atoms. The van der Waals surface area contributed by atoms with E-state index in [2.05, 4.69) is 5.32 Å². The highest BCUT2D eigenvalue weighted by atomic mass is 16.6. The van der Waals surface area contributed by atoms with Gasteiger partial charge >= 0.3 is 5.76 Å². The van der Waals surface area contributed by atoms with Crippen LogP contribution in [-0.4, -0.2) is 23.7 Å². The van der Waals surface area contributed by atoms with E-state index >= 15 is 0 Å². The fourth-order valence-corrected chi connectivity index (χ4v) is 2.67. The average Bonchev–Trinajstić information content (AvgIpc) is 2.91. The number of aromatic nitrogens is 1. The van der Waals surface area contributed by atoms with Crippen molar-refractivity contribution < 1.29 is 18.7 Å². The Labute approximate surface area is 136 Å². The van der Waals surface area contributed by atoms with Gasteiger partial charge in [-0.15, -0.1) is 0 Å². The predicted octanol–water partition coefficient (Wildman–Crippen LogP) is 2.00. The Morgan fingerprint density at radius 2 is 1.92 bits per heavy atom. The average molecular weight is 326 g/mol. The second-order valence-electron chi connectivity index (χ2n) is 5.30. The molecule has 1 aliphatic rings. The highest BCUT2D eigenvalue weighted by molar-refractivity contribution is 5.93. The molecular weight excluding hydrogens is 312 g/mol. The molecule has 3 aromatic rings. The molecule has 2 heterocycles. The molecular formula is C17H14N2O5. The Morgan fingerprint density at radius 3 is 2.83 bits per heavy atom. The molecule has 0 fully saturated rings. The van der Waals surface area contributed by atoms with E-state index in [0.717, 1.165) is 0 Å². The zero-order valence-electron chi connectivity index (χ0n) is 12.7. The number of carbonyl (C=O) groups excluding carboxylic acids is 1. The zero-order chi connectivity index (χ0) is 16.5. The standard InChI is InChI=1S/C17H14N2O5/c20-15(10-19-12-5-1-2-6-13(12)24-17(19)21)18-11-4-3-7-14-16(11)23-9-8-22-14/h1-7H,8-10H2,(H,18,20). The summed E-state index contributed by atoms with van der Waals surface area (Å²) in [6.07, 6.45) is 0. The maximum absolute atomic E-state index is 12.4. The maximum Gasteiger partial charge on any atom is 0.420 e. The number of amides is 1. The second-order valence-corrected chi connectivity index (χ2v) is 5.30. The number of anilines is 1. The molecule has 7 heteroatoms. The van der Waals surface area contributed by atoms with Gasteiger partial charge < -0.3 is 19.2 Å². The molecule has 1 N–H and O–H groups in total. The third kappa shape index (κ3) is 2.50. The Hall–Kier alpha value is -3.22. The first kappa shape index (κ1) is 14.4. The summed E-state index contributed by atoms with van der Waals surface area (Å²) in [6, 6.07) is 12.2. The number of hydrogen-bond acceptors (Lipinski definition) is 5. The van der Waals surface area contributed by atoms with Crippen LogP contribution in [0.25, 0.3) is 11.1 Å². The lowest BCUT2D eigenvalue weighted by molar-refractivity contribution is -0.116. The maximum atomic E-state index is 12.4. The van der Waals surface area contributed by atoms with E-state index in [1.165, 1.54) is 4.57 Å². The van der Waals surface area contributed by atoms with Gasteiger partial charge in [-0.25, -0.2) is 4.79 Å². The lowest BCUT2D eigenvalue weighted by Gasteiger charge is -2.21. The molecule has 0 atom stereocenters. The van der Waals surface area contributed by atoms with Crippen LogP contribution in [-0.2, 0) is 11.3 Å². The molecule has 1 aromatic heterocycles. The number of nitrogens with zero attached hydrogens (tertiary/aromatic N) is 1. The minimum absolute atomic E-state index is 0.152. The normalized spacial score (nSPS) is 13.0. The van der Waals surface area contributed by atoms with Gasteiger partial charge in [-0.1, -0.05) is 18.2 Å². The molecule has 1 amide bonds. The summed E-state index contributed by atoms with van der Waals surface area (Å²) < 4.78 is 17.5. The second kappa shape index (κ2) is 5.77. The molecule has 0 spiro atoms. The SMILES string of the molecule is O=C(Cn1c(=O)oc2ccccc21)Nc1cccc2c1OCCO2. The first-order valence-electron chi connectivity index (χ1n) is 7.49. The number of rotatable bonds is 3. The minimum atomic E-state index is -0.568. The van der Waals surface area contributed by atoms with Crippen LogP contribution >= 0.6 is 0 Å². The summed E-state index contributed by atoms with van der Waals surface area (Å²) in [6.45, 7) is 0.743. The molecule has 4 rings (SSSR count). The molecule has 0 aliphatic carbocycles. The summed E-state index contributed by atoms with van der Waals surface area (Å²) >= 11 is 0. The van der Waals surface area contributed by atoms with E-state index in [9.17, 15) is 9.59 Å². The third-order valence-corrected chi connectivity index (χ3v) is 3.72. The first-order valence-corrected chi connectivity index (χ1v) is 7.49. The van der Waals surface area contributed by atoms with Crippen molar-refractivity contribution in [3.63, 3.8) is 0 Å². The largest absolute Gasteiger partial charge is 0.486 e. The number of hydrogen-bond donors (Lipinski definition) is 1. The minimum Gasteiger partial charge on any atom is -0.486 e. The number of oxazole rings is 1. The zero-order valence-corrected chi connectivity index (χ0v) is 12.7. The van der Waals surface area contributed by atoms with Crippen LogP contribution in [0, 0.1) is 0 Å². The number of para-hydroxylation sites is 3. The van der Waals surface area contributed by atoms with Crippen molar-refractivity contribution in [3.05, 3.63) is 53.0 Å². The van der Waals surface area contributed by atoms with Crippen molar-refractivity contribution in [1.82, 2.24) is 4.57 Å². The van der Waals surface area contributed by atoms with Crippen molar-refractivity contribution >= 4 is 22.7 Å². The van der Waals surface area contributed by atoms with Crippen LogP contribution in [0.5, 0.6) is 11.5 Å². The van der Waals surface area contributed by atoms with Crippen LogP contribution in [0.3, 0.4) is 0 Å². The summed E-state index contributed by atoms with van der Waals surface area (Å²) in [7, 11) is 0. The molecule has 122 valence electrons. The van der Waals surface area contributed by atoms with Crippen LogP contribution in [0.1, 0.15) is 0 Å². The van der Waals surface area contributed by atoms with Crippen molar-refractivity contribution in [2.45, 2.75) is 6.54 Å². The van der Waals surface area contributed by atoms with Crippen molar-refractivity contribution in [1.29, 1.82) is 0 Å². The fourth-order valence-electron chi connectivity index (χ4n) is 2.67. The number of fused-ring (bicyclic) bond motifs is 2. The lowest BCUT2D eigenvalue weighted by atomic mass is 10.2. The van der Waals surface area contributed by atoms with Gasteiger partial charge in [0.1, 0.15) is 19.8 Å². The third-order valence-electron chi connectivity index (χ3n) is 3.72. The highest BCUT2D eigenvalue weighted by Gasteiger charge is 2.18. The van der Waals surface area contributed by atoms with Gasteiger partial charge in [0.25, 0.3) is 0 Å². The Morgan fingerprint density at radius 1 is 1.08 bits per heavy atom. The summed E-state index contributed by atoms with van der Waals surface area (Å²) in [5.74, 6) is 0.165. The van der Waals surface area contributed by atoms with E-state index < -0.39 is 5.76 Å². The number of carbonyl (C=O) groups is 1. The van der Waals surface area contributed by atoms with Crippen molar-refractivity contribution in [3.8, 4) is 11.5 Å². The van der Waals surface area contributed by atoms with E-state index in [4.69, 9.17) is 13.9 Å². The van der Waals surface area contributed by atoms with E-state index in [-0.39, 0.29) is 12.5 Å². The summed E-state index contributed by atoms with van der Waals surface area (Å²) in [4.78, 5) is 24.3. The fraction of sp³-hybridized carbons (Fsp3) is 0.176. The number of nitrogens with one attached hydrogen (secondary N) is 1. The van der Waals surface area contributed by atoms with Crippen LogP contribution in [0.4, 0.5) is 5.69 Å². The quantitative estimate of drug-likeness (QED) is 0.796. The summed E-state index contributed by atoms with van der Waals surface area (Å²) in [5.41, 5.74) is 1.54. The van der Waals surface area contributed by atoms with Gasteiger partial charge in [0.15, 0.2) is 17.1 Å². The van der Waals surface area contributed by atoms with Crippen molar-refractivity contribution in [2.75, 3.05) is 18.5 Å². The topological polar surface area (TPSA) is 82.7 Å². The number of benzene rings is 2. The van der Waals surface area contributed by atoms with Crippen LogP contribution < -0.4 is 20.5 Å². The molecule has 24 heavy (non-hydrogen) atoms. The van der Waals surface area contributed by atoms with E-state index in [1.54, 1.807) is 42.5 Å². The molecule has 1 aliphatic heterocycles. The summed E-state index contributed by atoms with van der Waals surface area (Å²) in [5, 5.41) is 2.75. The Balaban J connectivity index is 1.59. The highest BCUT2D eigenvalue weighted by Crippen LogP contribution is 2.37. The molecule has 0 saturated carbocycles. The van der Waals surface area contributed by atoms with E-state index in [1.807, 2.05) is 0 Å². The molecule has 7 nitrogen and oxygen atoms in total. The number of ether oxygens (including phenoxy) is 2. The molecule has 2 aromatic carbocycles. The predicted molar refractivity (Wildman–Crippen MR) is 86.5 cm³/mol. The van der Waals surface area contributed by atoms with Crippen LogP contribution in [0.15, 0.2) is 51.7 Å². The van der Waals surface area contributed by atoms with E-state index in [0.29, 0.717) is 41.5 Å². The molecule has 0 saturated heterocycles. The molecule has 0 unspecified atom stereocenters. The molecule has 0 radical (unpaired) electrons. The lowest BCUT2D eigenvalue weighted by Crippen LogP contribution is -2.25. The Kier molecular flexibility index (Phi) is 3.45.